The first-order chi connectivity index (χ1) is 15.8. The van der Waals surface area contributed by atoms with Gasteiger partial charge >= 0.3 is 6.18 Å². The maximum atomic E-state index is 12.7. The average Bonchev–Trinajstić information content (AvgIpc) is 3.32. The molecule has 0 aromatic heterocycles. The third kappa shape index (κ3) is 5.63. The van der Waals surface area contributed by atoms with Gasteiger partial charge in [-0.25, -0.2) is 0 Å². The first kappa shape index (κ1) is 22.6. The maximum Gasteiger partial charge on any atom is 0.416 e. The van der Waals surface area contributed by atoms with Crippen molar-refractivity contribution in [2.24, 2.45) is 20.5 Å². The molecule has 4 rings (SSSR count). The molecule has 0 radical (unpaired) electrons. The van der Waals surface area contributed by atoms with Gasteiger partial charge in [0.2, 0.25) is 0 Å². The first-order valence-electron chi connectivity index (χ1n) is 10.8. The van der Waals surface area contributed by atoms with Gasteiger partial charge in [-0.05, 0) is 98.5 Å². The van der Waals surface area contributed by atoms with Crippen LogP contribution in [0.5, 0.6) is 0 Å². The van der Waals surface area contributed by atoms with Crippen LogP contribution in [0.4, 0.5) is 41.6 Å². The molecular weight excluding hydrogens is 427 g/mol. The summed E-state index contributed by atoms with van der Waals surface area (Å²) in [7, 11) is 0. The summed E-state index contributed by atoms with van der Waals surface area (Å²) >= 11 is 0. The summed E-state index contributed by atoms with van der Waals surface area (Å²) in [4.78, 5) is 2.37. The molecule has 1 aliphatic rings. The van der Waals surface area contributed by atoms with Gasteiger partial charge < -0.3 is 4.90 Å². The molecule has 1 aliphatic heterocycles. The van der Waals surface area contributed by atoms with Gasteiger partial charge in [-0.15, -0.1) is 0 Å². The molecule has 3 aromatic rings. The van der Waals surface area contributed by atoms with Crippen molar-refractivity contribution in [3.63, 3.8) is 0 Å². The Kier molecular flexibility index (Phi) is 6.53. The molecule has 0 bridgehead atoms. The standard InChI is InChI=1S/C25H24F3N5/c1-17-15-22(31-29-20-7-5-19(6-8-20)25(26,27)28)16-18(2)24(17)32-30-21-9-11-23(12-10-21)33-13-3-4-14-33/h5-12,15-16H,3-4,13-14H2,1-2H3. The summed E-state index contributed by atoms with van der Waals surface area (Å²) < 4.78 is 38.0. The minimum Gasteiger partial charge on any atom is -0.372 e. The van der Waals surface area contributed by atoms with Crippen LogP contribution in [0.2, 0.25) is 0 Å². The average molecular weight is 451 g/mol. The number of azo groups is 2. The minimum absolute atomic E-state index is 0.347. The summed E-state index contributed by atoms with van der Waals surface area (Å²) in [5.41, 5.74) is 4.74. The van der Waals surface area contributed by atoms with E-state index in [1.165, 1.54) is 30.7 Å². The van der Waals surface area contributed by atoms with Crippen LogP contribution in [0.3, 0.4) is 0 Å². The van der Waals surface area contributed by atoms with Crippen molar-refractivity contribution in [2.75, 3.05) is 18.0 Å². The molecule has 0 saturated carbocycles. The normalized spacial score (nSPS) is 14.6. The third-order valence-corrected chi connectivity index (χ3v) is 5.54. The van der Waals surface area contributed by atoms with Crippen molar-refractivity contribution in [1.29, 1.82) is 0 Å². The number of benzene rings is 3. The van der Waals surface area contributed by atoms with Crippen LogP contribution in [-0.4, -0.2) is 13.1 Å². The fraction of sp³-hybridized carbons (Fsp3) is 0.280. The summed E-state index contributed by atoms with van der Waals surface area (Å²) in [5, 5.41) is 17.0. The highest BCUT2D eigenvalue weighted by Crippen LogP contribution is 2.33. The van der Waals surface area contributed by atoms with Crippen LogP contribution >= 0.6 is 0 Å². The quantitative estimate of drug-likeness (QED) is 0.358. The Bertz CT molecular complexity index is 1140. The van der Waals surface area contributed by atoms with Gasteiger partial charge in [0, 0.05) is 18.8 Å². The Morgan fingerprint density at radius 1 is 0.667 bits per heavy atom. The van der Waals surface area contributed by atoms with E-state index in [1.807, 2.05) is 38.1 Å². The highest BCUT2D eigenvalue weighted by atomic mass is 19.4. The van der Waals surface area contributed by atoms with Gasteiger partial charge in [0.05, 0.1) is 28.3 Å². The van der Waals surface area contributed by atoms with Crippen molar-refractivity contribution < 1.29 is 13.2 Å². The molecule has 1 fully saturated rings. The molecule has 0 aliphatic carbocycles. The van der Waals surface area contributed by atoms with E-state index in [-0.39, 0.29) is 0 Å². The van der Waals surface area contributed by atoms with E-state index in [4.69, 9.17) is 0 Å². The summed E-state index contributed by atoms with van der Waals surface area (Å²) in [5.74, 6) is 0. The fourth-order valence-corrected chi connectivity index (χ4v) is 3.79. The van der Waals surface area contributed by atoms with Crippen molar-refractivity contribution in [3.8, 4) is 0 Å². The fourth-order valence-electron chi connectivity index (χ4n) is 3.79. The highest BCUT2D eigenvalue weighted by molar-refractivity contribution is 5.60. The Morgan fingerprint density at radius 3 is 1.70 bits per heavy atom. The van der Waals surface area contributed by atoms with E-state index < -0.39 is 11.7 Å². The molecule has 3 aromatic carbocycles. The number of anilines is 1. The number of alkyl halides is 3. The lowest BCUT2D eigenvalue weighted by atomic mass is 10.1. The van der Waals surface area contributed by atoms with E-state index in [2.05, 4.69) is 37.5 Å². The van der Waals surface area contributed by atoms with Gasteiger partial charge in [0.15, 0.2) is 0 Å². The van der Waals surface area contributed by atoms with Crippen LogP contribution in [0, 0.1) is 13.8 Å². The zero-order valence-corrected chi connectivity index (χ0v) is 18.5. The first-order valence-corrected chi connectivity index (χ1v) is 10.8. The lowest BCUT2D eigenvalue weighted by Gasteiger charge is -2.17. The maximum absolute atomic E-state index is 12.7. The molecule has 0 amide bonds. The molecule has 33 heavy (non-hydrogen) atoms. The number of aryl methyl sites for hydroxylation is 2. The zero-order valence-electron chi connectivity index (χ0n) is 18.5. The van der Waals surface area contributed by atoms with E-state index >= 15 is 0 Å². The zero-order chi connectivity index (χ0) is 23.4. The van der Waals surface area contributed by atoms with E-state index in [0.717, 1.165) is 47.7 Å². The van der Waals surface area contributed by atoms with Crippen LogP contribution < -0.4 is 4.90 Å². The second kappa shape index (κ2) is 9.52. The molecule has 1 heterocycles. The van der Waals surface area contributed by atoms with Gasteiger partial charge in [-0.1, -0.05) is 0 Å². The molecule has 0 N–H and O–H groups in total. The number of hydrogen-bond donors (Lipinski definition) is 0. The van der Waals surface area contributed by atoms with Gasteiger partial charge in [0.25, 0.3) is 0 Å². The smallest absolute Gasteiger partial charge is 0.372 e. The molecule has 0 atom stereocenters. The molecule has 0 spiro atoms. The highest BCUT2D eigenvalue weighted by Gasteiger charge is 2.29. The molecule has 5 nitrogen and oxygen atoms in total. The van der Waals surface area contributed by atoms with Crippen molar-refractivity contribution in [3.05, 3.63) is 77.4 Å². The number of hydrogen-bond acceptors (Lipinski definition) is 5. The van der Waals surface area contributed by atoms with E-state index in [1.54, 1.807) is 0 Å². The number of halogens is 3. The molecule has 0 unspecified atom stereocenters. The van der Waals surface area contributed by atoms with Gasteiger partial charge in [-0.3, -0.25) is 0 Å². The second-order valence-electron chi connectivity index (χ2n) is 8.08. The van der Waals surface area contributed by atoms with Crippen molar-refractivity contribution in [1.82, 2.24) is 0 Å². The van der Waals surface area contributed by atoms with E-state index in [0.29, 0.717) is 11.4 Å². The monoisotopic (exact) mass is 451 g/mol. The van der Waals surface area contributed by atoms with Gasteiger partial charge in [0.1, 0.15) is 0 Å². The SMILES string of the molecule is Cc1cc(N=Nc2ccc(C(F)(F)F)cc2)cc(C)c1N=Nc1ccc(N2CCCC2)cc1. The van der Waals surface area contributed by atoms with Crippen molar-refractivity contribution in [2.45, 2.75) is 32.9 Å². The molecular formula is C25H24F3N5. The summed E-state index contributed by atoms with van der Waals surface area (Å²) in [6.07, 6.45) is -1.90. The van der Waals surface area contributed by atoms with Crippen LogP contribution in [0.25, 0.3) is 0 Å². The Morgan fingerprint density at radius 2 is 1.15 bits per heavy atom. The predicted molar refractivity (Wildman–Crippen MR) is 124 cm³/mol. The lowest BCUT2D eigenvalue weighted by molar-refractivity contribution is -0.137. The second-order valence-corrected chi connectivity index (χ2v) is 8.08. The topological polar surface area (TPSA) is 52.7 Å². The number of nitrogens with zero attached hydrogens (tertiary/aromatic N) is 5. The third-order valence-electron chi connectivity index (χ3n) is 5.54. The molecule has 1 saturated heterocycles. The van der Waals surface area contributed by atoms with Crippen LogP contribution in [0.1, 0.15) is 29.5 Å². The van der Waals surface area contributed by atoms with Crippen LogP contribution in [-0.2, 0) is 6.18 Å². The van der Waals surface area contributed by atoms with Crippen LogP contribution in [0.15, 0.2) is 81.1 Å². The molecule has 8 heteroatoms. The molecule has 170 valence electrons. The Balaban J connectivity index is 1.46. The number of rotatable bonds is 5. The Labute approximate surface area is 190 Å². The summed E-state index contributed by atoms with van der Waals surface area (Å²) in [6.45, 7) is 6.02. The van der Waals surface area contributed by atoms with Crippen molar-refractivity contribution >= 4 is 28.4 Å². The largest absolute Gasteiger partial charge is 0.416 e. The lowest BCUT2D eigenvalue weighted by Crippen LogP contribution is -2.17. The predicted octanol–water partition coefficient (Wildman–Crippen LogP) is 8.75. The van der Waals surface area contributed by atoms with E-state index in [9.17, 15) is 13.2 Å². The van der Waals surface area contributed by atoms with Gasteiger partial charge in [-0.2, -0.15) is 33.6 Å². The summed E-state index contributed by atoms with van der Waals surface area (Å²) in [6, 6.07) is 16.3. The Hall–Kier alpha value is -3.55. The minimum atomic E-state index is -4.37.